The number of hydrogen-bond donors (Lipinski definition) is 3. The van der Waals surface area contributed by atoms with Crippen LogP contribution in [0.15, 0.2) is 18.7 Å². The molecule has 0 spiro atoms. The maximum atomic E-state index is 12.4. The van der Waals surface area contributed by atoms with Crippen molar-refractivity contribution in [3.8, 4) is 0 Å². The van der Waals surface area contributed by atoms with E-state index in [4.69, 9.17) is 11.6 Å². The lowest BCUT2D eigenvalue weighted by atomic mass is 9.97. The molecular formula is C14H15ClN8O. The molecule has 10 heteroatoms. The first-order valence-corrected chi connectivity index (χ1v) is 8.00. The number of imidazole rings is 2. The first-order valence-electron chi connectivity index (χ1n) is 7.62. The van der Waals surface area contributed by atoms with E-state index >= 15 is 0 Å². The molecule has 124 valence electrons. The molecule has 1 aliphatic heterocycles. The molecule has 0 aliphatic carbocycles. The molecule has 9 nitrogen and oxygen atoms in total. The number of carbonyl (C=O) groups is 1. The predicted octanol–water partition coefficient (Wildman–Crippen LogP) is 1.58. The lowest BCUT2D eigenvalue weighted by molar-refractivity contribution is -0.120. The van der Waals surface area contributed by atoms with Crippen molar-refractivity contribution in [3.05, 3.63) is 24.0 Å². The van der Waals surface area contributed by atoms with Crippen LogP contribution in [0.2, 0.25) is 5.28 Å². The standard InChI is InChI=1S/C14H15ClN8O/c15-13-20-10-9(18-7-19-10)11(21-13)23-5-1-2-8(6-23)12(24)22-14-16-3-4-17-14/h3-4,7-8H,1-2,5-6H2,(H2,16,17,22,24)(H,18,19,20,21)/t8-/m1/s1. The van der Waals surface area contributed by atoms with E-state index in [1.165, 1.54) is 0 Å². The van der Waals surface area contributed by atoms with E-state index in [-0.39, 0.29) is 17.1 Å². The van der Waals surface area contributed by atoms with E-state index in [0.717, 1.165) is 24.9 Å². The maximum Gasteiger partial charge on any atom is 0.231 e. The number of aromatic nitrogens is 6. The van der Waals surface area contributed by atoms with Crippen LogP contribution in [0.25, 0.3) is 11.2 Å². The van der Waals surface area contributed by atoms with E-state index in [1.54, 1.807) is 18.7 Å². The summed E-state index contributed by atoms with van der Waals surface area (Å²) in [6.07, 6.45) is 6.52. The van der Waals surface area contributed by atoms with Crippen LogP contribution in [0.1, 0.15) is 12.8 Å². The lowest BCUT2D eigenvalue weighted by Gasteiger charge is -2.32. The van der Waals surface area contributed by atoms with Crippen LogP contribution in [0.5, 0.6) is 0 Å². The van der Waals surface area contributed by atoms with Crippen molar-refractivity contribution in [2.24, 2.45) is 5.92 Å². The van der Waals surface area contributed by atoms with Crippen molar-refractivity contribution in [3.63, 3.8) is 0 Å². The number of nitrogens with one attached hydrogen (secondary N) is 3. The minimum Gasteiger partial charge on any atom is -0.354 e. The molecule has 0 aromatic carbocycles. The highest BCUT2D eigenvalue weighted by atomic mass is 35.5. The number of halogens is 1. The van der Waals surface area contributed by atoms with Crippen LogP contribution < -0.4 is 10.2 Å². The van der Waals surface area contributed by atoms with E-state index in [9.17, 15) is 4.79 Å². The number of piperidine rings is 1. The van der Waals surface area contributed by atoms with Gasteiger partial charge in [-0.25, -0.2) is 9.97 Å². The molecule has 3 aromatic heterocycles. The van der Waals surface area contributed by atoms with Gasteiger partial charge in [0.25, 0.3) is 0 Å². The van der Waals surface area contributed by atoms with E-state index < -0.39 is 0 Å². The van der Waals surface area contributed by atoms with Crippen molar-refractivity contribution >= 4 is 40.4 Å². The van der Waals surface area contributed by atoms with Gasteiger partial charge >= 0.3 is 0 Å². The molecule has 0 bridgehead atoms. The second-order valence-electron chi connectivity index (χ2n) is 5.63. The van der Waals surface area contributed by atoms with Crippen molar-refractivity contribution in [2.75, 3.05) is 23.3 Å². The molecule has 0 radical (unpaired) electrons. The minimum absolute atomic E-state index is 0.0596. The van der Waals surface area contributed by atoms with Crippen LogP contribution >= 0.6 is 11.6 Å². The number of amides is 1. The third-order valence-corrected chi connectivity index (χ3v) is 4.24. The Morgan fingerprint density at radius 1 is 1.33 bits per heavy atom. The second-order valence-corrected chi connectivity index (χ2v) is 5.97. The molecule has 1 atom stereocenters. The molecular weight excluding hydrogens is 332 g/mol. The van der Waals surface area contributed by atoms with Gasteiger partial charge in [0.2, 0.25) is 17.1 Å². The highest BCUT2D eigenvalue weighted by Gasteiger charge is 2.28. The average molecular weight is 347 g/mol. The van der Waals surface area contributed by atoms with Gasteiger partial charge in [-0.2, -0.15) is 9.97 Å². The zero-order chi connectivity index (χ0) is 16.5. The monoisotopic (exact) mass is 346 g/mol. The van der Waals surface area contributed by atoms with E-state index in [1.807, 2.05) is 4.90 Å². The van der Waals surface area contributed by atoms with Gasteiger partial charge in [-0.15, -0.1) is 0 Å². The summed E-state index contributed by atoms with van der Waals surface area (Å²) in [5.74, 6) is 0.919. The fourth-order valence-corrected chi connectivity index (χ4v) is 3.12. The number of fused-ring (bicyclic) bond motifs is 1. The highest BCUT2D eigenvalue weighted by Crippen LogP contribution is 2.27. The van der Waals surface area contributed by atoms with E-state index in [2.05, 4.69) is 35.2 Å². The van der Waals surface area contributed by atoms with Crippen LogP contribution in [0.3, 0.4) is 0 Å². The van der Waals surface area contributed by atoms with Crippen molar-refractivity contribution in [1.82, 2.24) is 29.9 Å². The minimum atomic E-state index is -0.157. The molecule has 1 fully saturated rings. The van der Waals surface area contributed by atoms with Crippen molar-refractivity contribution in [1.29, 1.82) is 0 Å². The van der Waals surface area contributed by atoms with Gasteiger partial charge in [-0.1, -0.05) is 0 Å². The largest absolute Gasteiger partial charge is 0.354 e. The number of anilines is 2. The summed E-state index contributed by atoms with van der Waals surface area (Å²) >= 11 is 6.00. The molecule has 1 aliphatic rings. The third-order valence-electron chi connectivity index (χ3n) is 4.07. The summed E-state index contributed by atoms with van der Waals surface area (Å²) in [5.41, 5.74) is 1.25. The molecule has 4 rings (SSSR count). The van der Waals surface area contributed by atoms with Gasteiger partial charge in [0.05, 0.1) is 12.2 Å². The van der Waals surface area contributed by atoms with Crippen LogP contribution in [0.4, 0.5) is 11.8 Å². The molecule has 1 saturated heterocycles. The second kappa shape index (κ2) is 6.08. The number of aromatic amines is 2. The predicted molar refractivity (Wildman–Crippen MR) is 88.8 cm³/mol. The number of H-pyrrole nitrogens is 2. The smallest absolute Gasteiger partial charge is 0.231 e. The van der Waals surface area contributed by atoms with Gasteiger partial charge in [0.15, 0.2) is 11.5 Å². The Bertz CT molecular complexity index is 861. The Kier molecular flexibility index (Phi) is 3.77. The lowest BCUT2D eigenvalue weighted by Crippen LogP contribution is -2.41. The van der Waals surface area contributed by atoms with Gasteiger partial charge in [-0.05, 0) is 24.4 Å². The zero-order valence-electron chi connectivity index (χ0n) is 12.7. The topological polar surface area (TPSA) is 115 Å². The highest BCUT2D eigenvalue weighted by molar-refractivity contribution is 6.28. The third kappa shape index (κ3) is 2.78. The summed E-state index contributed by atoms with van der Waals surface area (Å²) in [6, 6.07) is 0. The Morgan fingerprint density at radius 2 is 2.25 bits per heavy atom. The first-order chi connectivity index (χ1) is 11.7. The first kappa shape index (κ1) is 14.9. The summed E-state index contributed by atoms with van der Waals surface area (Å²) in [5, 5.41) is 2.94. The SMILES string of the molecule is O=C(Nc1ncc[nH]1)[C@@H]1CCCN(c2nc(Cl)nc3nc[nH]c23)C1. The summed E-state index contributed by atoms with van der Waals surface area (Å²) in [7, 11) is 0. The summed E-state index contributed by atoms with van der Waals surface area (Å²) < 4.78 is 0. The fourth-order valence-electron chi connectivity index (χ4n) is 2.96. The van der Waals surface area contributed by atoms with E-state index in [0.29, 0.717) is 24.0 Å². The van der Waals surface area contributed by atoms with Crippen molar-refractivity contribution < 1.29 is 4.79 Å². The van der Waals surface area contributed by atoms with Crippen LogP contribution in [-0.2, 0) is 4.79 Å². The van der Waals surface area contributed by atoms with Gasteiger partial charge in [-0.3, -0.25) is 10.1 Å². The molecule has 0 unspecified atom stereocenters. The van der Waals surface area contributed by atoms with Gasteiger partial charge in [0, 0.05) is 25.5 Å². The Balaban J connectivity index is 1.56. The molecule has 1 amide bonds. The summed E-state index contributed by atoms with van der Waals surface area (Å²) in [4.78, 5) is 37.0. The fraction of sp³-hybridized carbons (Fsp3) is 0.357. The normalized spacial score (nSPS) is 18.0. The molecule has 4 heterocycles. The number of rotatable bonds is 3. The number of nitrogens with zero attached hydrogens (tertiary/aromatic N) is 5. The van der Waals surface area contributed by atoms with Crippen LogP contribution in [0, 0.1) is 5.92 Å². The molecule has 0 saturated carbocycles. The maximum absolute atomic E-state index is 12.4. The van der Waals surface area contributed by atoms with Gasteiger partial charge in [0.1, 0.15) is 5.52 Å². The van der Waals surface area contributed by atoms with Crippen LogP contribution in [-0.4, -0.2) is 48.9 Å². The molecule has 3 aromatic rings. The quantitative estimate of drug-likeness (QED) is 0.620. The zero-order valence-corrected chi connectivity index (χ0v) is 13.4. The molecule has 24 heavy (non-hydrogen) atoms. The Hall–Kier alpha value is -2.68. The molecule has 3 N–H and O–H groups in total. The Labute approximate surface area is 141 Å². The average Bonchev–Trinajstić information content (AvgIpc) is 3.25. The van der Waals surface area contributed by atoms with Gasteiger partial charge < -0.3 is 14.9 Å². The number of hydrogen-bond acceptors (Lipinski definition) is 6. The Morgan fingerprint density at radius 3 is 3.08 bits per heavy atom. The van der Waals surface area contributed by atoms with Crippen molar-refractivity contribution in [2.45, 2.75) is 12.8 Å². The summed E-state index contributed by atoms with van der Waals surface area (Å²) in [6.45, 7) is 1.35. The number of carbonyl (C=O) groups excluding carboxylic acids is 1.